The van der Waals surface area contributed by atoms with Gasteiger partial charge < -0.3 is 5.11 Å². The summed E-state index contributed by atoms with van der Waals surface area (Å²) in [5, 5.41) is 9.60. The average Bonchev–Trinajstić information content (AvgIpc) is 1.82. The van der Waals surface area contributed by atoms with E-state index >= 15 is 0 Å². The molecular weight excluding hydrogens is 218 g/mol. The molecule has 1 unspecified atom stereocenters. The fraction of sp³-hybridized carbons (Fsp3) is 1.00. The van der Waals surface area contributed by atoms with E-state index in [0.29, 0.717) is 4.83 Å². The van der Waals surface area contributed by atoms with Crippen LogP contribution in [0.25, 0.3) is 0 Å². The third kappa shape index (κ3) is 3.87. The highest BCUT2D eigenvalue weighted by atomic mass is 79.9. The molecule has 1 N–H and O–H groups in total. The number of hydrogen-bond acceptors (Lipinski definition) is 2. The molecule has 1 fully saturated rings. The Kier molecular flexibility index (Phi) is 3.56. The predicted molar refractivity (Wildman–Crippen MR) is 54.7 cm³/mol. The maximum Gasteiger partial charge on any atom is 0.0718 e. The van der Waals surface area contributed by atoms with E-state index in [1.54, 1.807) is 0 Å². The Morgan fingerprint density at radius 3 is 2.75 bits per heavy atom. The van der Waals surface area contributed by atoms with Gasteiger partial charge in [-0.05, 0) is 33.2 Å². The van der Waals surface area contributed by atoms with Crippen molar-refractivity contribution >= 4 is 15.9 Å². The van der Waals surface area contributed by atoms with Crippen molar-refractivity contribution in [2.24, 2.45) is 0 Å². The number of halogens is 1. The Labute approximate surface area is 83.1 Å². The van der Waals surface area contributed by atoms with Crippen LogP contribution in [-0.4, -0.2) is 40.1 Å². The van der Waals surface area contributed by atoms with Gasteiger partial charge in [0.2, 0.25) is 0 Å². The third-order valence-corrected chi connectivity index (χ3v) is 2.81. The fourth-order valence-electron chi connectivity index (χ4n) is 1.69. The van der Waals surface area contributed by atoms with Crippen LogP contribution in [0.2, 0.25) is 0 Å². The van der Waals surface area contributed by atoms with Crippen molar-refractivity contribution in [2.45, 2.75) is 37.1 Å². The number of aliphatic hydroxyl groups is 1. The van der Waals surface area contributed by atoms with E-state index in [1.807, 2.05) is 13.8 Å². The molecule has 1 atom stereocenters. The molecule has 1 aliphatic rings. The van der Waals surface area contributed by atoms with E-state index < -0.39 is 5.60 Å². The number of rotatable bonds is 2. The van der Waals surface area contributed by atoms with E-state index in [9.17, 15) is 5.11 Å². The molecule has 1 heterocycles. The fourth-order valence-corrected chi connectivity index (χ4v) is 2.42. The summed E-state index contributed by atoms with van der Waals surface area (Å²) in [7, 11) is 0. The number of piperidine rings is 1. The summed E-state index contributed by atoms with van der Waals surface area (Å²) < 4.78 is 0. The number of likely N-dealkylation sites (tertiary alicyclic amines) is 1. The molecule has 0 aromatic rings. The highest BCUT2D eigenvalue weighted by molar-refractivity contribution is 9.09. The predicted octanol–water partition coefficient (Wildman–Crippen LogP) is 1.62. The van der Waals surface area contributed by atoms with Gasteiger partial charge in [0.15, 0.2) is 0 Å². The lowest BCUT2D eigenvalue weighted by molar-refractivity contribution is 0.0313. The molecule has 0 aromatic carbocycles. The molecule has 0 bridgehead atoms. The van der Waals surface area contributed by atoms with Gasteiger partial charge in [0.25, 0.3) is 0 Å². The topological polar surface area (TPSA) is 23.5 Å². The summed E-state index contributed by atoms with van der Waals surface area (Å²) in [5.41, 5.74) is -0.552. The molecule has 0 amide bonds. The monoisotopic (exact) mass is 235 g/mol. The van der Waals surface area contributed by atoms with Crippen molar-refractivity contribution in [1.29, 1.82) is 0 Å². The second kappa shape index (κ2) is 4.07. The minimum Gasteiger partial charge on any atom is -0.389 e. The van der Waals surface area contributed by atoms with E-state index in [-0.39, 0.29) is 0 Å². The molecule has 0 aliphatic carbocycles. The molecule has 0 aromatic heterocycles. The van der Waals surface area contributed by atoms with Gasteiger partial charge in [-0.2, -0.15) is 0 Å². The van der Waals surface area contributed by atoms with Gasteiger partial charge in [-0.25, -0.2) is 0 Å². The summed E-state index contributed by atoms with van der Waals surface area (Å²) in [6.07, 6.45) is 2.51. The molecule has 1 saturated heterocycles. The number of alkyl halides is 1. The van der Waals surface area contributed by atoms with Crippen LogP contribution in [0.15, 0.2) is 0 Å². The SMILES string of the molecule is CC(C)(O)CN1CCCC(Br)C1. The standard InChI is InChI=1S/C9H18BrNO/c1-9(2,12)7-11-5-3-4-8(10)6-11/h8,12H,3-7H2,1-2H3. The molecule has 72 valence electrons. The summed E-state index contributed by atoms with van der Waals surface area (Å²) in [5.74, 6) is 0. The lowest BCUT2D eigenvalue weighted by Crippen LogP contribution is -2.44. The maximum atomic E-state index is 9.60. The first-order chi connectivity index (χ1) is 5.47. The summed E-state index contributed by atoms with van der Waals surface area (Å²) in [4.78, 5) is 2.94. The Bertz CT molecular complexity index is 144. The van der Waals surface area contributed by atoms with Crippen LogP contribution in [0.5, 0.6) is 0 Å². The van der Waals surface area contributed by atoms with E-state index in [2.05, 4.69) is 20.8 Å². The Morgan fingerprint density at radius 1 is 1.58 bits per heavy atom. The van der Waals surface area contributed by atoms with Crippen LogP contribution in [0.4, 0.5) is 0 Å². The molecule has 0 spiro atoms. The van der Waals surface area contributed by atoms with E-state index in [0.717, 1.165) is 19.6 Å². The van der Waals surface area contributed by atoms with Gasteiger partial charge in [-0.15, -0.1) is 0 Å². The van der Waals surface area contributed by atoms with Crippen LogP contribution in [0, 0.1) is 0 Å². The largest absolute Gasteiger partial charge is 0.389 e. The molecule has 0 radical (unpaired) electrons. The highest BCUT2D eigenvalue weighted by Gasteiger charge is 2.22. The van der Waals surface area contributed by atoms with Gasteiger partial charge in [0.1, 0.15) is 0 Å². The Balaban J connectivity index is 2.32. The number of nitrogens with zero attached hydrogens (tertiary/aromatic N) is 1. The molecular formula is C9H18BrNO. The lowest BCUT2D eigenvalue weighted by Gasteiger charge is -2.33. The third-order valence-electron chi connectivity index (χ3n) is 2.06. The van der Waals surface area contributed by atoms with Crippen molar-refractivity contribution in [2.75, 3.05) is 19.6 Å². The molecule has 1 rings (SSSR count). The van der Waals surface area contributed by atoms with Crippen LogP contribution >= 0.6 is 15.9 Å². The molecule has 2 nitrogen and oxygen atoms in total. The molecule has 3 heteroatoms. The second-order valence-corrected chi connectivity index (χ2v) is 5.58. The molecule has 0 saturated carbocycles. The van der Waals surface area contributed by atoms with Gasteiger partial charge in [-0.1, -0.05) is 15.9 Å². The Morgan fingerprint density at radius 2 is 2.25 bits per heavy atom. The van der Waals surface area contributed by atoms with Gasteiger partial charge >= 0.3 is 0 Å². The second-order valence-electron chi connectivity index (χ2n) is 4.29. The Hall–Kier alpha value is 0.400. The quantitative estimate of drug-likeness (QED) is 0.736. The molecule has 1 aliphatic heterocycles. The minimum atomic E-state index is -0.552. The van der Waals surface area contributed by atoms with E-state index in [4.69, 9.17) is 0 Å². The van der Waals surface area contributed by atoms with Crippen LogP contribution in [0.3, 0.4) is 0 Å². The normalized spacial score (nSPS) is 27.5. The summed E-state index contributed by atoms with van der Waals surface area (Å²) in [6, 6.07) is 0. The highest BCUT2D eigenvalue weighted by Crippen LogP contribution is 2.18. The van der Waals surface area contributed by atoms with Gasteiger partial charge in [0.05, 0.1) is 5.60 Å². The van der Waals surface area contributed by atoms with Crippen molar-refractivity contribution in [1.82, 2.24) is 4.90 Å². The van der Waals surface area contributed by atoms with E-state index in [1.165, 1.54) is 12.8 Å². The minimum absolute atomic E-state index is 0.552. The first kappa shape index (κ1) is 10.5. The summed E-state index contributed by atoms with van der Waals surface area (Å²) in [6.45, 7) is 6.72. The van der Waals surface area contributed by atoms with Crippen LogP contribution < -0.4 is 0 Å². The average molecular weight is 236 g/mol. The smallest absolute Gasteiger partial charge is 0.0718 e. The zero-order chi connectivity index (χ0) is 9.19. The number of β-amino-alcohol motifs (C(OH)–C–C–N with tert-alkyl or cyclic N) is 1. The molecule has 12 heavy (non-hydrogen) atoms. The van der Waals surface area contributed by atoms with Crippen LogP contribution in [0.1, 0.15) is 26.7 Å². The number of hydrogen-bond donors (Lipinski definition) is 1. The zero-order valence-electron chi connectivity index (χ0n) is 7.89. The first-order valence-electron chi connectivity index (χ1n) is 4.56. The maximum absolute atomic E-state index is 9.60. The van der Waals surface area contributed by atoms with Gasteiger partial charge in [0, 0.05) is 17.9 Å². The first-order valence-corrected chi connectivity index (χ1v) is 5.48. The van der Waals surface area contributed by atoms with Crippen molar-refractivity contribution in [3.8, 4) is 0 Å². The summed E-state index contributed by atoms with van der Waals surface area (Å²) >= 11 is 3.61. The zero-order valence-corrected chi connectivity index (χ0v) is 9.47. The van der Waals surface area contributed by atoms with Crippen molar-refractivity contribution < 1.29 is 5.11 Å². The van der Waals surface area contributed by atoms with Crippen molar-refractivity contribution in [3.05, 3.63) is 0 Å². The lowest BCUT2D eigenvalue weighted by atomic mass is 10.1. The van der Waals surface area contributed by atoms with Gasteiger partial charge in [-0.3, -0.25) is 4.90 Å². The van der Waals surface area contributed by atoms with Crippen LogP contribution in [-0.2, 0) is 0 Å². The van der Waals surface area contributed by atoms with Crippen molar-refractivity contribution in [3.63, 3.8) is 0 Å².